The van der Waals surface area contributed by atoms with Gasteiger partial charge in [0.15, 0.2) is 11.5 Å². The van der Waals surface area contributed by atoms with Gasteiger partial charge < -0.3 is 14.1 Å². The lowest BCUT2D eigenvalue weighted by Gasteiger charge is -2.36. The SMILES string of the molecule is CC1(C)CCN(CCC(=O)c2ccc(Cc3ccc(F)cc3)o2)C(=O)O1. The highest BCUT2D eigenvalue weighted by Crippen LogP contribution is 2.22. The van der Waals surface area contributed by atoms with E-state index in [2.05, 4.69) is 0 Å². The minimum absolute atomic E-state index is 0.159. The molecule has 0 aliphatic carbocycles. The third-order valence-electron chi connectivity index (χ3n) is 4.44. The zero-order valence-electron chi connectivity index (χ0n) is 15.0. The van der Waals surface area contributed by atoms with Gasteiger partial charge in [0.25, 0.3) is 0 Å². The van der Waals surface area contributed by atoms with Gasteiger partial charge in [-0.1, -0.05) is 12.1 Å². The zero-order valence-corrected chi connectivity index (χ0v) is 15.0. The predicted molar refractivity (Wildman–Crippen MR) is 93.6 cm³/mol. The van der Waals surface area contributed by atoms with E-state index in [1.54, 1.807) is 29.2 Å². The van der Waals surface area contributed by atoms with Crippen LogP contribution in [0.3, 0.4) is 0 Å². The van der Waals surface area contributed by atoms with Gasteiger partial charge in [-0.3, -0.25) is 4.79 Å². The van der Waals surface area contributed by atoms with Gasteiger partial charge >= 0.3 is 6.09 Å². The number of halogens is 1. The Kier molecular flexibility index (Phi) is 5.11. The number of nitrogens with zero attached hydrogens (tertiary/aromatic N) is 1. The Morgan fingerprint density at radius 3 is 2.62 bits per heavy atom. The topological polar surface area (TPSA) is 59.8 Å². The molecule has 1 amide bonds. The molecule has 138 valence electrons. The summed E-state index contributed by atoms with van der Waals surface area (Å²) in [6.07, 6.45) is 1.01. The maximum Gasteiger partial charge on any atom is 0.410 e. The predicted octanol–water partition coefficient (Wildman–Crippen LogP) is 4.20. The normalized spacial score (nSPS) is 16.4. The van der Waals surface area contributed by atoms with Crippen LogP contribution in [0.4, 0.5) is 9.18 Å². The van der Waals surface area contributed by atoms with Crippen molar-refractivity contribution in [3.05, 3.63) is 59.3 Å². The first-order valence-electron chi connectivity index (χ1n) is 8.67. The number of benzene rings is 1. The summed E-state index contributed by atoms with van der Waals surface area (Å²) < 4.78 is 23.9. The van der Waals surface area contributed by atoms with E-state index in [0.717, 1.165) is 12.0 Å². The van der Waals surface area contributed by atoms with Crippen LogP contribution in [-0.4, -0.2) is 35.5 Å². The second-order valence-electron chi connectivity index (χ2n) is 7.11. The van der Waals surface area contributed by atoms with Crippen LogP contribution in [0, 0.1) is 5.82 Å². The number of furan rings is 1. The van der Waals surface area contributed by atoms with Crippen LogP contribution in [0.1, 0.15) is 48.6 Å². The Morgan fingerprint density at radius 1 is 1.19 bits per heavy atom. The van der Waals surface area contributed by atoms with Crippen LogP contribution in [0.15, 0.2) is 40.8 Å². The van der Waals surface area contributed by atoms with Crippen LogP contribution in [0.25, 0.3) is 0 Å². The van der Waals surface area contributed by atoms with E-state index in [9.17, 15) is 14.0 Å². The second-order valence-corrected chi connectivity index (χ2v) is 7.11. The van der Waals surface area contributed by atoms with Crippen LogP contribution >= 0.6 is 0 Å². The van der Waals surface area contributed by atoms with Crippen LogP contribution in [0.5, 0.6) is 0 Å². The number of Topliss-reactive ketones (excluding diaryl/α,β-unsaturated/α-hetero) is 1. The molecule has 5 nitrogen and oxygen atoms in total. The molecule has 0 atom stereocenters. The van der Waals surface area contributed by atoms with Crippen molar-refractivity contribution in [3.63, 3.8) is 0 Å². The molecule has 0 saturated carbocycles. The quantitative estimate of drug-likeness (QED) is 0.725. The number of carbonyl (C=O) groups excluding carboxylic acids is 2. The molecule has 1 aliphatic heterocycles. The van der Waals surface area contributed by atoms with Gasteiger partial charge in [0.2, 0.25) is 0 Å². The highest BCUT2D eigenvalue weighted by Gasteiger charge is 2.32. The molecular formula is C20H22FNO4. The summed E-state index contributed by atoms with van der Waals surface area (Å²) in [6.45, 7) is 4.63. The second kappa shape index (κ2) is 7.32. The molecule has 0 unspecified atom stereocenters. The maximum atomic E-state index is 12.9. The summed E-state index contributed by atoms with van der Waals surface area (Å²) in [6, 6.07) is 9.53. The highest BCUT2D eigenvalue weighted by atomic mass is 19.1. The monoisotopic (exact) mass is 359 g/mol. The lowest BCUT2D eigenvalue weighted by molar-refractivity contribution is -0.0251. The first kappa shape index (κ1) is 18.2. The van der Waals surface area contributed by atoms with Gasteiger partial charge in [-0.2, -0.15) is 0 Å². The van der Waals surface area contributed by atoms with Crippen molar-refractivity contribution in [1.82, 2.24) is 4.90 Å². The Labute approximate surface area is 151 Å². The molecule has 1 aromatic carbocycles. The molecule has 2 aromatic rings. The number of hydrogen-bond donors (Lipinski definition) is 0. The lowest BCUT2D eigenvalue weighted by atomic mass is 10.0. The molecule has 0 bridgehead atoms. The summed E-state index contributed by atoms with van der Waals surface area (Å²) in [5, 5.41) is 0. The number of cyclic esters (lactones) is 1. The van der Waals surface area contributed by atoms with E-state index in [4.69, 9.17) is 9.15 Å². The molecule has 1 saturated heterocycles. The number of amides is 1. The van der Waals surface area contributed by atoms with Crippen molar-refractivity contribution in [2.24, 2.45) is 0 Å². The summed E-state index contributed by atoms with van der Waals surface area (Å²) >= 11 is 0. The van der Waals surface area contributed by atoms with Crippen LogP contribution in [0.2, 0.25) is 0 Å². The molecule has 1 aliphatic rings. The van der Waals surface area contributed by atoms with Crippen molar-refractivity contribution in [2.75, 3.05) is 13.1 Å². The van der Waals surface area contributed by atoms with E-state index in [-0.39, 0.29) is 29.9 Å². The highest BCUT2D eigenvalue weighted by molar-refractivity contribution is 5.93. The summed E-state index contributed by atoms with van der Waals surface area (Å²) in [7, 11) is 0. The number of rotatable bonds is 6. The molecule has 6 heteroatoms. The first-order chi connectivity index (χ1) is 12.3. The number of carbonyl (C=O) groups is 2. The Morgan fingerprint density at radius 2 is 1.92 bits per heavy atom. The van der Waals surface area contributed by atoms with Crippen molar-refractivity contribution in [2.45, 2.75) is 38.7 Å². The molecular weight excluding hydrogens is 337 g/mol. The fourth-order valence-corrected chi connectivity index (χ4v) is 2.84. The molecule has 1 aromatic heterocycles. The van der Waals surface area contributed by atoms with Crippen LogP contribution in [-0.2, 0) is 11.2 Å². The van der Waals surface area contributed by atoms with Gasteiger partial charge in [-0.15, -0.1) is 0 Å². The lowest BCUT2D eigenvalue weighted by Crippen LogP contribution is -2.47. The van der Waals surface area contributed by atoms with Crippen molar-refractivity contribution in [3.8, 4) is 0 Å². The summed E-state index contributed by atoms with van der Waals surface area (Å²) in [4.78, 5) is 25.8. The standard InChI is InChI=1S/C20H22FNO4/c1-20(2)10-12-22(19(24)26-20)11-9-17(23)18-8-7-16(25-18)13-14-3-5-15(21)6-4-14/h3-8H,9-13H2,1-2H3. The van der Waals surface area contributed by atoms with Crippen molar-refractivity contribution < 1.29 is 23.1 Å². The van der Waals surface area contributed by atoms with Gasteiger partial charge in [0, 0.05) is 32.4 Å². The molecule has 26 heavy (non-hydrogen) atoms. The largest absolute Gasteiger partial charge is 0.458 e. The molecule has 3 rings (SSSR count). The van der Waals surface area contributed by atoms with Gasteiger partial charge in [-0.25, -0.2) is 9.18 Å². The molecule has 0 N–H and O–H groups in total. The molecule has 0 spiro atoms. The van der Waals surface area contributed by atoms with E-state index < -0.39 is 5.60 Å². The van der Waals surface area contributed by atoms with Gasteiger partial charge in [0.1, 0.15) is 17.2 Å². The third-order valence-corrected chi connectivity index (χ3v) is 4.44. The minimum atomic E-state index is -0.451. The molecule has 2 heterocycles. The van der Waals surface area contributed by atoms with Crippen molar-refractivity contribution in [1.29, 1.82) is 0 Å². The van der Waals surface area contributed by atoms with E-state index in [1.807, 2.05) is 13.8 Å². The fourth-order valence-electron chi connectivity index (χ4n) is 2.84. The average Bonchev–Trinajstić information content (AvgIpc) is 3.04. The Hall–Kier alpha value is -2.63. The number of hydrogen-bond acceptors (Lipinski definition) is 4. The van der Waals surface area contributed by atoms with E-state index in [1.165, 1.54) is 12.1 Å². The number of ether oxygens (including phenoxy) is 1. The number of ketones is 1. The molecule has 0 radical (unpaired) electrons. The smallest absolute Gasteiger partial charge is 0.410 e. The molecule has 1 fully saturated rings. The third kappa shape index (κ3) is 4.50. The zero-order chi connectivity index (χ0) is 18.7. The summed E-state index contributed by atoms with van der Waals surface area (Å²) in [5.41, 5.74) is 0.451. The Balaban J connectivity index is 1.53. The van der Waals surface area contributed by atoms with Gasteiger partial charge in [0.05, 0.1) is 0 Å². The van der Waals surface area contributed by atoms with Crippen molar-refractivity contribution >= 4 is 11.9 Å². The van der Waals surface area contributed by atoms with E-state index in [0.29, 0.717) is 25.3 Å². The van der Waals surface area contributed by atoms with Gasteiger partial charge in [-0.05, 0) is 43.7 Å². The Bertz CT molecular complexity index is 794. The van der Waals surface area contributed by atoms with E-state index >= 15 is 0 Å². The summed E-state index contributed by atoms with van der Waals surface area (Å²) in [5.74, 6) is 0.462. The fraction of sp³-hybridized carbons (Fsp3) is 0.400. The maximum absolute atomic E-state index is 12.9. The first-order valence-corrected chi connectivity index (χ1v) is 8.67. The van der Waals surface area contributed by atoms with Crippen LogP contribution < -0.4 is 0 Å². The minimum Gasteiger partial charge on any atom is -0.458 e. The average molecular weight is 359 g/mol.